The van der Waals surface area contributed by atoms with Crippen molar-refractivity contribution in [3.05, 3.63) is 11.6 Å². The number of alkyl halides is 2. The third-order valence-corrected chi connectivity index (χ3v) is 8.84. The number of fused-ring (bicyclic) bond motifs is 5. The lowest BCUT2D eigenvalue weighted by Gasteiger charge is -2.56. The molecule has 0 N–H and O–H groups in total. The second-order valence-corrected chi connectivity index (χ2v) is 10.4. The monoisotopic (exact) mass is 408 g/mol. The van der Waals surface area contributed by atoms with Crippen LogP contribution in [0.5, 0.6) is 0 Å². The number of allylic oxidation sites excluding steroid dienone is 1. The lowest BCUT2D eigenvalue weighted by atomic mass is 9.48. The minimum absolute atomic E-state index is 0.0184. The van der Waals surface area contributed by atoms with Crippen LogP contribution in [0.1, 0.15) is 77.6 Å². The van der Waals surface area contributed by atoms with Gasteiger partial charge in [0.05, 0.1) is 0 Å². The first-order valence-electron chi connectivity index (χ1n) is 11.4. The van der Waals surface area contributed by atoms with E-state index >= 15 is 4.39 Å². The van der Waals surface area contributed by atoms with E-state index in [0.29, 0.717) is 42.8 Å². The van der Waals surface area contributed by atoms with Crippen LogP contribution >= 0.6 is 11.6 Å². The number of carbonyl (C=O) groups excluding carboxylic acids is 2. The third-order valence-electron chi connectivity index (χ3n) is 8.57. The van der Waals surface area contributed by atoms with Gasteiger partial charge in [-0.3, -0.25) is 9.59 Å². The third kappa shape index (κ3) is 3.50. The number of rotatable bonds is 6. The van der Waals surface area contributed by atoms with Gasteiger partial charge in [-0.2, -0.15) is 0 Å². The molecule has 3 saturated carbocycles. The molecule has 4 aliphatic carbocycles. The number of Topliss-reactive ketones (excluding diaryl/α,β-unsaturated/α-hetero) is 1. The van der Waals surface area contributed by atoms with Crippen LogP contribution in [-0.4, -0.2) is 23.6 Å². The molecule has 4 heteroatoms. The second-order valence-electron chi connectivity index (χ2n) is 10.0. The summed E-state index contributed by atoms with van der Waals surface area (Å²) in [4.78, 5) is 24.7. The number of carbonyl (C=O) groups is 2. The topological polar surface area (TPSA) is 34.1 Å². The lowest BCUT2D eigenvalue weighted by molar-refractivity contribution is -0.138. The van der Waals surface area contributed by atoms with Gasteiger partial charge in [-0.1, -0.05) is 31.8 Å². The molecule has 156 valence electrons. The van der Waals surface area contributed by atoms with Crippen LogP contribution in [0.3, 0.4) is 0 Å². The number of hydrogen-bond donors (Lipinski definition) is 0. The average Bonchev–Trinajstić information content (AvgIpc) is 2.95. The van der Waals surface area contributed by atoms with E-state index in [1.807, 2.05) is 13.0 Å². The molecule has 3 fully saturated rings. The van der Waals surface area contributed by atoms with Crippen LogP contribution in [-0.2, 0) is 9.59 Å². The molecule has 4 aliphatic rings. The van der Waals surface area contributed by atoms with Gasteiger partial charge in [0.2, 0.25) is 0 Å². The molecule has 0 bridgehead atoms. The van der Waals surface area contributed by atoms with Gasteiger partial charge < -0.3 is 0 Å². The van der Waals surface area contributed by atoms with E-state index in [0.717, 1.165) is 50.8 Å². The maximum atomic E-state index is 15.6. The van der Waals surface area contributed by atoms with Gasteiger partial charge in [0.25, 0.3) is 0 Å². The van der Waals surface area contributed by atoms with Crippen molar-refractivity contribution in [2.45, 2.75) is 83.7 Å². The molecule has 0 saturated heterocycles. The molecule has 7 atom stereocenters. The van der Waals surface area contributed by atoms with Crippen LogP contribution in [0.15, 0.2) is 11.6 Å². The molecular formula is C24H34ClFO2. The number of ketones is 2. The highest BCUT2D eigenvalue weighted by atomic mass is 35.5. The zero-order valence-corrected chi connectivity index (χ0v) is 17.9. The Kier molecular flexibility index (Phi) is 6.03. The molecule has 0 aliphatic heterocycles. The SMILES string of the molecule is C[C@]12CC(F)[C@H]3[C@@H](C(CCCCCCCl)CC4=CC(=O)CC[C@@H]43)[C@@H]1CCC2=O. The van der Waals surface area contributed by atoms with Crippen molar-refractivity contribution in [1.82, 2.24) is 0 Å². The van der Waals surface area contributed by atoms with Crippen molar-refractivity contribution in [2.75, 3.05) is 5.88 Å². The van der Waals surface area contributed by atoms with E-state index in [4.69, 9.17) is 11.6 Å². The fraction of sp³-hybridized carbons (Fsp3) is 0.833. The molecule has 0 aromatic heterocycles. The quantitative estimate of drug-likeness (QED) is 0.395. The van der Waals surface area contributed by atoms with E-state index in [1.165, 1.54) is 12.0 Å². The minimum atomic E-state index is -0.908. The molecule has 0 radical (unpaired) electrons. The molecule has 0 spiro atoms. The zero-order chi connectivity index (χ0) is 19.9. The second kappa shape index (κ2) is 8.20. The molecule has 2 unspecified atom stereocenters. The number of halogens is 2. The Hall–Kier alpha value is -0.700. The Labute approximate surface area is 173 Å². The Morgan fingerprint density at radius 2 is 1.89 bits per heavy atom. The summed E-state index contributed by atoms with van der Waals surface area (Å²) in [6.07, 6.45) is 10.9. The summed E-state index contributed by atoms with van der Waals surface area (Å²) in [5, 5.41) is 0. The van der Waals surface area contributed by atoms with Crippen LogP contribution in [0, 0.1) is 35.0 Å². The molecule has 28 heavy (non-hydrogen) atoms. The van der Waals surface area contributed by atoms with E-state index in [-0.39, 0.29) is 17.6 Å². The summed E-state index contributed by atoms with van der Waals surface area (Å²) in [5.74, 6) is 2.54. The van der Waals surface area contributed by atoms with Crippen LogP contribution in [0.25, 0.3) is 0 Å². The standard InChI is InChI=1S/C24H34ClFO2/c1-24-14-20(26)23-18-8-7-17(27)13-16(18)12-15(6-4-2-3-5-11-25)22(23)19(24)9-10-21(24)28/h13,15,18-20,22-23H,2-12,14H2,1H3/t15?,18-,19-,20?,22-,23-,24-/m0/s1. The Morgan fingerprint density at radius 3 is 2.68 bits per heavy atom. The van der Waals surface area contributed by atoms with Gasteiger partial charge >= 0.3 is 0 Å². The largest absolute Gasteiger partial charge is 0.299 e. The van der Waals surface area contributed by atoms with Crippen LogP contribution in [0.2, 0.25) is 0 Å². The van der Waals surface area contributed by atoms with Gasteiger partial charge in [-0.05, 0) is 68.3 Å². The van der Waals surface area contributed by atoms with Gasteiger partial charge in [-0.25, -0.2) is 4.39 Å². The Bertz CT molecular complexity index is 659. The predicted molar refractivity (Wildman–Crippen MR) is 110 cm³/mol. The van der Waals surface area contributed by atoms with Crippen molar-refractivity contribution in [3.8, 4) is 0 Å². The highest BCUT2D eigenvalue weighted by Gasteiger charge is 2.61. The first kappa shape index (κ1) is 20.6. The van der Waals surface area contributed by atoms with Crippen molar-refractivity contribution in [2.24, 2.45) is 35.0 Å². The molecule has 2 nitrogen and oxygen atoms in total. The number of unbranched alkanes of at least 4 members (excludes halogenated alkanes) is 3. The van der Waals surface area contributed by atoms with Crippen molar-refractivity contribution in [1.29, 1.82) is 0 Å². The fourth-order valence-electron chi connectivity index (χ4n) is 7.30. The lowest BCUT2D eigenvalue weighted by Crippen LogP contribution is -2.54. The molecule has 0 aromatic rings. The van der Waals surface area contributed by atoms with Crippen LogP contribution in [0.4, 0.5) is 4.39 Å². The van der Waals surface area contributed by atoms with Crippen molar-refractivity contribution < 1.29 is 14.0 Å². The summed E-state index contributed by atoms with van der Waals surface area (Å²) in [6, 6.07) is 0. The van der Waals surface area contributed by atoms with E-state index in [1.54, 1.807) is 0 Å². The highest BCUT2D eigenvalue weighted by Crippen LogP contribution is 2.63. The maximum absolute atomic E-state index is 15.6. The molecule has 0 aromatic carbocycles. The molecule has 0 amide bonds. The van der Waals surface area contributed by atoms with Gasteiger partial charge in [0.15, 0.2) is 5.78 Å². The minimum Gasteiger partial charge on any atom is -0.299 e. The first-order chi connectivity index (χ1) is 13.5. The van der Waals surface area contributed by atoms with Gasteiger partial charge in [-0.15, -0.1) is 11.6 Å². The fourth-order valence-corrected chi connectivity index (χ4v) is 7.49. The van der Waals surface area contributed by atoms with Gasteiger partial charge in [0, 0.05) is 30.1 Å². The summed E-state index contributed by atoms with van der Waals surface area (Å²) in [5.41, 5.74) is 0.766. The van der Waals surface area contributed by atoms with Crippen LogP contribution < -0.4 is 0 Å². The average molecular weight is 409 g/mol. The summed E-state index contributed by atoms with van der Waals surface area (Å²) < 4.78 is 15.6. The predicted octanol–water partition coefficient (Wildman–Crippen LogP) is 6.06. The molecule has 0 heterocycles. The molecule has 4 rings (SSSR count). The smallest absolute Gasteiger partial charge is 0.155 e. The Morgan fingerprint density at radius 1 is 1.11 bits per heavy atom. The van der Waals surface area contributed by atoms with Crippen molar-refractivity contribution in [3.63, 3.8) is 0 Å². The summed E-state index contributed by atoms with van der Waals surface area (Å²) in [6.45, 7) is 2.04. The van der Waals surface area contributed by atoms with E-state index in [9.17, 15) is 9.59 Å². The Balaban J connectivity index is 1.60. The van der Waals surface area contributed by atoms with E-state index in [2.05, 4.69) is 0 Å². The highest BCUT2D eigenvalue weighted by molar-refractivity contribution is 6.17. The van der Waals surface area contributed by atoms with Crippen molar-refractivity contribution >= 4 is 23.2 Å². The first-order valence-corrected chi connectivity index (χ1v) is 12.0. The van der Waals surface area contributed by atoms with E-state index < -0.39 is 11.6 Å². The summed E-state index contributed by atoms with van der Waals surface area (Å²) in [7, 11) is 0. The van der Waals surface area contributed by atoms with Gasteiger partial charge in [0.1, 0.15) is 12.0 Å². The number of hydrogen-bond acceptors (Lipinski definition) is 2. The molecular weight excluding hydrogens is 375 g/mol. The normalized spacial score (nSPS) is 42.6. The maximum Gasteiger partial charge on any atom is 0.155 e. The summed E-state index contributed by atoms with van der Waals surface area (Å²) >= 11 is 5.80. The zero-order valence-electron chi connectivity index (χ0n) is 17.1.